The molecule has 1 N–H and O–H groups in total. The van der Waals surface area contributed by atoms with Gasteiger partial charge in [0.2, 0.25) is 5.91 Å². The fraction of sp³-hybridized carbons (Fsp3) is 0.115. The van der Waals surface area contributed by atoms with E-state index in [0.29, 0.717) is 18.0 Å². The number of carbonyl (C=O) groups excluding carboxylic acids is 2. The van der Waals surface area contributed by atoms with Crippen LogP contribution in [0.2, 0.25) is 0 Å². The molecule has 162 valence electrons. The van der Waals surface area contributed by atoms with Crippen LogP contribution in [0.3, 0.4) is 0 Å². The third-order valence-electron chi connectivity index (χ3n) is 6.06. The van der Waals surface area contributed by atoms with Crippen LogP contribution in [0.5, 0.6) is 0 Å². The van der Waals surface area contributed by atoms with E-state index in [0.717, 1.165) is 37.9 Å². The Morgan fingerprint density at radius 1 is 1.00 bits per heavy atom. The normalized spacial score (nSPS) is 14.4. The number of aromatic nitrogens is 2. The lowest BCUT2D eigenvalue weighted by molar-refractivity contribution is -0.120. The number of H-pyrrole nitrogens is 1. The van der Waals surface area contributed by atoms with Gasteiger partial charge in [-0.3, -0.25) is 9.59 Å². The van der Waals surface area contributed by atoms with E-state index in [2.05, 4.69) is 22.1 Å². The van der Waals surface area contributed by atoms with Crippen molar-refractivity contribution in [3.8, 4) is 11.1 Å². The molecule has 4 heterocycles. The number of carbonyl (C=O) groups is 2. The van der Waals surface area contributed by atoms with Crippen LogP contribution in [0.1, 0.15) is 9.67 Å². The number of para-hydroxylation sites is 1. The summed E-state index contributed by atoms with van der Waals surface area (Å²) >= 11 is 1.47. The smallest absolute Gasteiger partial charge is 0.264 e. The molecule has 7 heteroatoms. The van der Waals surface area contributed by atoms with Crippen molar-refractivity contribution < 1.29 is 9.59 Å². The molecule has 0 spiro atoms. The van der Waals surface area contributed by atoms with Crippen molar-refractivity contribution in [2.45, 2.75) is 0 Å². The summed E-state index contributed by atoms with van der Waals surface area (Å²) in [5.41, 5.74) is 3.78. The summed E-state index contributed by atoms with van der Waals surface area (Å²) < 4.78 is 1.04. The summed E-state index contributed by atoms with van der Waals surface area (Å²) in [6, 6.07) is 21.7. The summed E-state index contributed by atoms with van der Waals surface area (Å²) in [7, 11) is 0. The number of hydrogen-bond donors (Lipinski definition) is 1. The van der Waals surface area contributed by atoms with Crippen LogP contribution in [-0.2, 0) is 4.79 Å². The molecule has 0 bridgehead atoms. The van der Waals surface area contributed by atoms with Gasteiger partial charge in [-0.05, 0) is 42.0 Å². The summed E-state index contributed by atoms with van der Waals surface area (Å²) in [5.74, 6) is -0.157. The van der Waals surface area contributed by atoms with Gasteiger partial charge in [-0.15, -0.1) is 11.3 Å². The topological polar surface area (TPSA) is 69.3 Å². The first-order chi connectivity index (χ1) is 16.2. The summed E-state index contributed by atoms with van der Waals surface area (Å²) in [6.45, 7) is 1.09. The van der Waals surface area contributed by atoms with E-state index in [4.69, 9.17) is 0 Å². The lowest BCUT2D eigenvalue weighted by atomic mass is 10.0. The zero-order chi connectivity index (χ0) is 22.4. The molecule has 3 aromatic heterocycles. The highest BCUT2D eigenvalue weighted by atomic mass is 32.1. The lowest BCUT2D eigenvalue weighted by Gasteiger charge is -2.34. The quantitative estimate of drug-likeness (QED) is 0.422. The van der Waals surface area contributed by atoms with Crippen LogP contribution in [-0.4, -0.2) is 46.3 Å². The number of aromatic amines is 1. The van der Waals surface area contributed by atoms with E-state index in [-0.39, 0.29) is 18.4 Å². The Labute approximate surface area is 194 Å². The highest BCUT2D eigenvalue weighted by Crippen LogP contribution is 2.35. The molecule has 1 saturated heterocycles. The summed E-state index contributed by atoms with van der Waals surface area (Å²) in [6.07, 6.45) is 3.73. The van der Waals surface area contributed by atoms with Crippen LogP contribution in [0, 0.1) is 0 Å². The number of thiophene rings is 1. The maximum absolute atomic E-state index is 13.3. The number of anilines is 1. The van der Waals surface area contributed by atoms with E-state index in [1.165, 1.54) is 11.3 Å². The molecule has 2 amide bonds. The van der Waals surface area contributed by atoms with Crippen molar-refractivity contribution >= 4 is 50.0 Å². The Hall–Kier alpha value is -3.97. The zero-order valence-electron chi connectivity index (χ0n) is 17.7. The molecule has 1 fully saturated rings. The van der Waals surface area contributed by atoms with Gasteiger partial charge in [-0.1, -0.05) is 30.3 Å². The Balaban J connectivity index is 1.28. The molecule has 33 heavy (non-hydrogen) atoms. The number of fused-ring (bicyclic) bond motifs is 2. The van der Waals surface area contributed by atoms with Gasteiger partial charge in [0.25, 0.3) is 5.91 Å². The molecule has 2 aromatic carbocycles. The Kier molecular flexibility index (Phi) is 4.69. The first-order valence-corrected chi connectivity index (χ1v) is 11.6. The Morgan fingerprint density at radius 2 is 1.88 bits per heavy atom. The minimum atomic E-state index is -0.0950. The van der Waals surface area contributed by atoms with Crippen LogP contribution < -0.4 is 4.90 Å². The third-order valence-corrected chi connectivity index (χ3v) is 7.15. The molecule has 1 aliphatic heterocycles. The van der Waals surface area contributed by atoms with Gasteiger partial charge in [0.15, 0.2) is 0 Å². The number of hydrogen-bond acceptors (Lipinski definition) is 4. The lowest BCUT2D eigenvalue weighted by Crippen LogP contribution is -2.52. The maximum Gasteiger partial charge on any atom is 0.264 e. The second-order valence-corrected chi connectivity index (χ2v) is 9.16. The van der Waals surface area contributed by atoms with Crippen molar-refractivity contribution in [3.63, 3.8) is 0 Å². The van der Waals surface area contributed by atoms with Crippen LogP contribution in [0.4, 0.5) is 5.69 Å². The second-order valence-electron chi connectivity index (χ2n) is 8.08. The van der Waals surface area contributed by atoms with Crippen molar-refractivity contribution in [2.75, 3.05) is 24.5 Å². The fourth-order valence-corrected chi connectivity index (χ4v) is 5.44. The van der Waals surface area contributed by atoms with Crippen molar-refractivity contribution in [2.24, 2.45) is 0 Å². The number of benzene rings is 2. The van der Waals surface area contributed by atoms with Gasteiger partial charge >= 0.3 is 0 Å². The van der Waals surface area contributed by atoms with E-state index in [1.54, 1.807) is 9.80 Å². The van der Waals surface area contributed by atoms with Crippen LogP contribution in [0.15, 0.2) is 79.1 Å². The molecule has 1 aliphatic rings. The SMILES string of the molecule is O=C(c1cc2c(-c3cnc4[nH]ccc4c3)cccc2s1)N1CCN(c2ccccc2)C(=O)C1. The van der Waals surface area contributed by atoms with Crippen molar-refractivity contribution in [3.05, 3.63) is 84.0 Å². The molecule has 0 saturated carbocycles. The molecular weight excluding hydrogens is 432 g/mol. The van der Waals surface area contributed by atoms with Gasteiger partial charge in [0, 0.05) is 52.2 Å². The molecular formula is C26H20N4O2S. The fourth-order valence-electron chi connectivity index (χ4n) is 4.39. The first kappa shape index (κ1) is 19.7. The monoisotopic (exact) mass is 452 g/mol. The number of nitrogens with zero attached hydrogens (tertiary/aromatic N) is 3. The Bertz CT molecular complexity index is 1500. The van der Waals surface area contributed by atoms with Gasteiger partial charge in [0.1, 0.15) is 12.2 Å². The van der Waals surface area contributed by atoms with Crippen molar-refractivity contribution in [1.29, 1.82) is 0 Å². The molecule has 0 unspecified atom stereocenters. The highest BCUT2D eigenvalue weighted by Gasteiger charge is 2.29. The number of piperazine rings is 1. The highest BCUT2D eigenvalue weighted by molar-refractivity contribution is 7.20. The second kappa shape index (κ2) is 7.86. The van der Waals surface area contributed by atoms with Gasteiger partial charge in [-0.25, -0.2) is 4.98 Å². The van der Waals surface area contributed by atoms with Crippen LogP contribution >= 0.6 is 11.3 Å². The number of pyridine rings is 1. The largest absolute Gasteiger partial charge is 0.346 e. The number of rotatable bonds is 3. The van der Waals surface area contributed by atoms with E-state index < -0.39 is 0 Å². The predicted molar refractivity (Wildman–Crippen MR) is 132 cm³/mol. The standard InChI is InChI=1S/C26H20N4O2S/c31-24-16-29(11-12-30(24)19-5-2-1-3-6-19)26(32)23-14-21-20(7-4-8-22(21)33-23)18-13-17-9-10-27-25(17)28-15-18/h1-10,13-15H,11-12,16H2,(H,27,28). The van der Waals surface area contributed by atoms with Crippen LogP contribution in [0.25, 0.3) is 32.2 Å². The molecule has 0 radical (unpaired) electrons. The molecule has 0 aliphatic carbocycles. The first-order valence-electron chi connectivity index (χ1n) is 10.8. The third kappa shape index (κ3) is 3.47. The molecule has 5 aromatic rings. The molecule has 0 atom stereocenters. The maximum atomic E-state index is 13.3. The summed E-state index contributed by atoms with van der Waals surface area (Å²) in [4.78, 5) is 37.7. The summed E-state index contributed by atoms with van der Waals surface area (Å²) in [5, 5.41) is 2.07. The average Bonchev–Trinajstić information content (AvgIpc) is 3.50. The predicted octanol–water partition coefficient (Wildman–Crippen LogP) is 4.93. The van der Waals surface area contributed by atoms with Gasteiger partial charge in [0.05, 0.1) is 4.88 Å². The average molecular weight is 453 g/mol. The van der Waals surface area contributed by atoms with Crippen molar-refractivity contribution in [1.82, 2.24) is 14.9 Å². The van der Waals surface area contributed by atoms with Gasteiger partial charge < -0.3 is 14.8 Å². The molecule has 6 rings (SSSR count). The zero-order valence-corrected chi connectivity index (χ0v) is 18.5. The minimum absolute atomic E-state index is 0.0616. The number of amides is 2. The van der Waals surface area contributed by atoms with E-state index >= 15 is 0 Å². The van der Waals surface area contributed by atoms with E-state index in [9.17, 15) is 9.59 Å². The van der Waals surface area contributed by atoms with Gasteiger partial charge in [-0.2, -0.15) is 0 Å². The van der Waals surface area contributed by atoms with E-state index in [1.807, 2.05) is 67.0 Å². The molecule has 6 nitrogen and oxygen atoms in total. The Morgan fingerprint density at radius 3 is 2.73 bits per heavy atom. The number of nitrogens with one attached hydrogen (secondary N) is 1. The minimum Gasteiger partial charge on any atom is -0.346 e.